The summed E-state index contributed by atoms with van der Waals surface area (Å²) in [4.78, 5) is 0. The van der Waals surface area contributed by atoms with E-state index in [4.69, 9.17) is 4.74 Å². The summed E-state index contributed by atoms with van der Waals surface area (Å²) >= 11 is 1.31. The van der Waals surface area contributed by atoms with Crippen LogP contribution in [0.1, 0.15) is 0 Å². The molecular formula is C7H12OSiW. The molecule has 10 heavy (non-hydrogen) atoms. The van der Waals surface area contributed by atoms with Gasteiger partial charge >= 0.3 is 74.5 Å². The molecule has 0 aromatic rings. The minimum atomic E-state index is -1.18. The molecule has 0 fully saturated rings. The van der Waals surface area contributed by atoms with Crippen molar-refractivity contribution in [3.05, 3.63) is 0 Å². The van der Waals surface area contributed by atoms with Crippen molar-refractivity contribution in [3.8, 4) is 11.5 Å². The Morgan fingerprint density at radius 2 is 1.90 bits per heavy atom. The number of hydrogen-bond donors (Lipinski definition) is 0. The Hall–Kier alpha value is 0.295. The van der Waals surface area contributed by atoms with E-state index in [0.717, 1.165) is 4.08 Å². The molecule has 0 N–H and O–H groups in total. The van der Waals surface area contributed by atoms with Crippen molar-refractivity contribution >= 4 is 12.2 Å². The molecule has 0 aliphatic rings. The van der Waals surface area contributed by atoms with Gasteiger partial charge in [0, 0.05) is 0 Å². The van der Waals surface area contributed by atoms with E-state index in [-0.39, 0.29) is 0 Å². The topological polar surface area (TPSA) is 9.23 Å². The van der Waals surface area contributed by atoms with Crippen molar-refractivity contribution in [1.82, 2.24) is 0 Å². The Bertz CT molecular complexity index is 182. The van der Waals surface area contributed by atoms with E-state index in [2.05, 4.69) is 31.1 Å². The van der Waals surface area contributed by atoms with E-state index in [0.29, 0.717) is 0 Å². The fraction of sp³-hybridized carbons (Fsp3) is 0.571. The third-order valence-electron chi connectivity index (χ3n) is 0.725. The van der Waals surface area contributed by atoms with E-state index in [9.17, 15) is 0 Å². The fourth-order valence-corrected chi connectivity index (χ4v) is 1.32. The van der Waals surface area contributed by atoms with Crippen molar-refractivity contribution in [2.45, 2.75) is 19.6 Å². The third-order valence-corrected chi connectivity index (χ3v) is 2.57. The molecule has 0 aromatic heterocycles. The molecule has 0 bridgehead atoms. The quantitative estimate of drug-likeness (QED) is 0.520. The van der Waals surface area contributed by atoms with Crippen molar-refractivity contribution in [1.29, 1.82) is 0 Å². The van der Waals surface area contributed by atoms with Crippen LogP contribution in [0, 0.1) is 11.5 Å². The summed E-state index contributed by atoms with van der Waals surface area (Å²) in [5, 5.41) is 0. The predicted octanol–water partition coefficient (Wildman–Crippen LogP) is 1.19. The molecule has 0 aromatic carbocycles. The van der Waals surface area contributed by atoms with Crippen molar-refractivity contribution in [2.24, 2.45) is 0 Å². The molecule has 0 aliphatic carbocycles. The number of rotatable bonds is 1. The van der Waals surface area contributed by atoms with Crippen molar-refractivity contribution in [2.75, 3.05) is 7.11 Å². The second kappa shape index (κ2) is 4.23. The van der Waals surface area contributed by atoms with Gasteiger partial charge in [-0.15, -0.1) is 0 Å². The van der Waals surface area contributed by atoms with E-state index < -0.39 is 8.07 Å². The van der Waals surface area contributed by atoms with Crippen LogP contribution in [0.2, 0.25) is 19.6 Å². The maximum absolute atomic E-state index is 4.95. The zero-order valence-corrected chi connectivity index (χ0v) is 10.7. The molecule has 0 rings (SSSR count). The monoisotopic (exact) mass is 324 g/mol. The number of methoxy groups -OCH3 is 1. The average molecular weight is 324 g/mol. The van der Waals surface area contributed by atoms with Gasteiger partial charge < -0.3 is 0 Å². The second-order valence-corrected chi connectivity index (χ2v) is 9.07. The zero-order chi connectivity index (χ0) is 8.20. The summed E-state index contributed by atoms with van der Waals surface area (Å²) in [5.74, 6) is 3.02. The van der Waals surface area contributed by atoms with Gasteiger partial charge in [0.25, 0.3) is 0 Å². The van der Waals surface area contributed by atoms with Gasteiger partial charge in [0.05, 0.1) is 0 Å². The van der Waals surface area contributed by atoms with Crippen LogP contribution in [0.3, 0.4) is 0 Å². The van der Waals surface area contributed by atoms with E-state index in [1.807, 2.05) is 0 Å². The average Bonchev–Trinajstić information content (AvgIpc) is 1.81. The molecule has 0 radical (unpaired) electrons. The molecule has 0 unspecified atom stereocenters. The molecule has 0 spiro atoms. The van der Waals surface area contributed by atoms with Crippen LogP contribution in [0.4, 0.5) is 0 Å². The van der Waals surface area contributed by atoms with Gasteiger partial charge in [0.2, 0.25) is 0 Å². The second-order valence-electron chi connectivity index (χ2n) is 2.99. The van der Waals surface area contributed by atoms with Crippen LogP contribution < -0.4 is 0 Å². The van der Waals surface area contributed by atoms with Gasteiger partial charge in [0.15, 0.2) is 0 Å². The van der Waals surface area contributed by atoms with Crippen molar-refractivity contribution in [3.63, 3.8) is 0 Å². The van der Waals surface area contributed by atoms with Crippen LogP contribution in [0.5, 0.6) is 0 Å². The van der Waals surface area contributed by atoms with Crippen molar-refractivity contribution < 1.29 is 24.1 Å². The first-order chi connectivity index (χ1) is 4.45. The molecule has 0 amide bonds. The predicted molar refractivity (Wildman–Crippen MR) is 43.1 cm³/mol. The van der Waals surface area contributed by atoms with Gasteiger partial charge in [-0.05, 0) is 0 Å². The van der Waals surface area contributed by atoms with E-state index >= 15 is 0 Å². The molecule has 1 nitrogen and oxygen atoms in total. The standard InChI is InChI=1S/C7H12OSi.W/c1-8-6-5-7-9(2,3)4;/h1-4H3;. The Kier molecular flexibility index (Phi) is 4.36. The van der Waals surface area contributed by atoms with Crippen LogP contribution in [0.25, 0.3) is 0 Å². The molecule has 0 heterocycles. The summed E-state index contributed by atoms with van der Waals surface area (Å²) in [6.45, 7) is 6.66. The first kappa shape index (κ1) is 10.3. The Balaban J connectivity index is 4.05. The number of hydrogen-bond acceptors (Lipinski definition) is 1. The molecular weight excluding hydrogens is 312 g/mol. The summed E-state index contributed by atoms with van der Waals surface area (Å²) in [7, 11) is 0.483. The molecule has 3 heteroatoms. The van der Waals surface area contributed by atoms with Gasteiger partial charge in [-0.25, -0.2) is 0 Å². The summed E-state index contributed by atoms with van der Waals surface area (Å²) in [6.07, 6.45) is 0. The van der Waals surface area contributed by atoms with E-state index in [1.54, 1.807) is 7.11 Å². The maximum atomic E-state index is 4.95. The third kappa shape index (κ3) is 6.42. The van der Waals surface area contributed by atoms with Crippen LogP contribution in [0.15, 0.2) is 0 Å². The summed E-state index contributed by atoms with van der Waals surface area (Å²) in [6, 6.07) is 0. The minimum absolute atomic E-state index is 0.891. The Morgan fingerprint density at radius 3 is 2.20 bits per heavy atom. The Labute approximate surface area is 74.6 Å². The SMILES string of the molecule is CO[C](=[W])C#C[Si](C)(C)C. The first-order valence-electron chi connectivity index (χ1n) is 3.07. The van der Waals surface area contributed by atoms with E-state index in [1.165, 1.54) is 19.4 Å². The fourth-order valence-electron chi connectivity index (χ4n) is 0.290. The molecule has 56 valence electrons. The molecule has 0 aliphatic heterocycles. The first-order valence-corrected chi connectivity index (χ1v) is 8.03. The summed E-state index contributed by atoms with van der Waals surface area (Å²) < 4.78 is 5.84. The van der Waals surface area contributed by atoms with Gasteiger partial charge in [-0.2, -0.15) is 0 Å². The van der Waals surface area contributed by atoms with Gasteiger partial charge in [-0.3, -0.25) is 0 Å². The van der Waals surface area contributed by atoms with Crippen LogP contribution >= 0.6 is 0 Å². The van der Waals surface area contributed by atoms with Crippen LogP contribution in [-0.4, -0.2) is 19.3 Å². The molecule has 0 saturated carbocycles. The van der Waals surface area contributed by atoms with Crippen LogP contribution in [-0.2, 0) is 24.1 Å². The molecule has 0 atom stereocenters. The number of ether oxygens (including phenoxy) is 1. The normalized spacial score (nSPS) is 10.0. The van der Waals surface area contributed by atoms with Gasteiger partial charge in [0.1, 0.15) is 0 Å². The Morgan fingerprint density at radius 1 is 1.40 bits per heavy atom. The zero-order valence-electron chi connectivity index (χ0n) is 6.82. The van der Waals surface area contributed by atoms with Gasteiger partial charge in [-0.1, -0.05) is 0 Å². The molecule has 0 saturated heterocycles. The summed E-state index contributed by atoms with van der Waals surface area (Å²) in [5.41, 5.74) is 3.22.